The molecule has 1 aromatic carbocycles. The number of imidazole rings is 1. The average Bonchev–Trinajstić information content (AvgIpc) is 3.07. The third-order valence-electron chi connectivity index (χ3n) is 4.31. The van der Waals surface area contributed by atoms with E-state index in [2.05, 4.69) is 9.97 Å². The maximum atomic E-state index is 13.1. The number of halogens is 3. The van der Waals surface area contributed by atoms with Crippen LogP contribution < -0.4 is 4.74 Å². The van der Waals surface area contributed by atoms with Gasteiger partial charge < -0.3 is 9.47 Å². The molecule has 0 N–H and O–H groups in total. The molecule has 10 heteroatoms. The number of aromatic nitrogens is 3. The zero-order valence-electron chi connectivity index (χ0n) is 16.6. The first-order chi connectivity index (χ1) is 14.3. The van der Waals surface area contributed by atoms with E-state index in [0.717, 1.165) is 11.9 Å². The Balaban J connectivity index is 1.85. The molecule has 30 heavy (non-hydrogen) atoms. The van der Waals surface area contributed by atoms with Crippen molar-refractivity contribution in [1.82, 2.24) is 14.5 Å². The van der Waals surface area contributed by atoms with Crippen molar-refractivity contribution < 1.29 is 26.9 Å². The van der Waals surface area contributed by atoms with E-state index in [9.17, 15) is 17.4 Å². The monoisotopic (exact) mass is 441 g/mol. The van der Waals surface area contributed by atoms with Gasteiger partial charge in [-0.1, -0.05) is 19.1 Å². The molecule has 3 rings (SSSR count). The minimum Gasteiger partial charge on any atom is -0.484 e. The van der Waals surface area contributed by atoms with Crippen LogP contribution in [0.1, 0.15) is 24.6 Å². The van der Waals surface area contributed by atoms with E-state index in [1.165, 1.54) is 12.3 Å². The minimum absolute atomic E-state index is 0.00779. The molecule has 0 aliphatic heterocycles. The Bertz CT molecular complexity index is 1040. The van der Waals surface area contributed by atoms with Crippen molar-refractivity contribution in [2.45, 2.75) is 44.1 Å². The van der Waals surface area contributed by atoms with Gasteiger partial charge in [0.2, 0.25) is 5.16 Å². The molecule has 0 radical (unpaired) electrons. The van der Waals surface area contributed by atoms with Gasteiger partial charge in [-0.2, -0.15) is 13.2 Å². The lowest BCUT2D eigenvalue weighted by Crippen LogP contribution is -2.20. The van der Waals surface area contributed by atoms with Crippen molar-refractivity contribution in [3.63, 3.8) is 0 Å². The van der Waals surface area contributed by atoms with Gasteiger partial charge in [0.15, 0.2) is 6.61 Å². The normalized spacial score (nSPS) is 13.0. The van der Waals surface area contributed by atoms with Gasteiger partial charge in [0.1, 0.15) is 12.5 Å². The Morgan fingerprint density at radius 2 is 1.97 bits per heavy atom. The zero-order valence-corrected chi connectivity index (χ0v) is 17.4. The smallest absolute Gasteiger partial charge is 0.422 e. The molecular formula is C20H22F3N3O3S. The lowest BCUT2D eigenvalue weighted by molar-refractivity contribution is -0.153. The molecule has 0 aliphatic carbocycles. The number of hydrogen-bond acceptors (Lipinski definition) is 5. The number of ether oxygens (including phenoxy) is 2. The van der Waals surface area contributed by atoms with Crippen LogP contribution >= 0.6 is 0 Å². The van der Waals surface area contributed by atoms with Crippen LogP contribution in [0.15, 0.2) is 41.7 Å². The molecule has 2 heterocycles. The minimum atomic E-state index is -4.44. The van der Waals surface area contributed by atoms with Gasteiger partial charge in [-0.25, -0.2) is 4.98 Å². The van der Waals surface area contributed by atoms with Gasteiger partial charge in [0.05, 0.1) is 33.3 Å². The second kappa shape index (κ2) is 9.57. The number of para-hydroxylation sites is 2. The first-order valence-electron chi connectivity index (χ1n) is 9.35. The number of fused-ring (bicyclic) bond motifs is 1. The van der Waals surface area contributed by atoms with Crippen LogP contribution in [0, 0.1) is 6.92 Å². The van der Waals surface area contributed by atoms with Crippen LogP contribution in [-0.4, -0.2) is 38.1 Å². The van der Waals surface area contributed by atoms with E-state index in [-0.39, 0.29) is 18.2 Å². The lowest BCUT2D eigenvalue weighted by Gasteiger charge is -2.14. The molecule has 6 nitrogen and oxygen atoms in total. The Hall–Kier alpha value is -2.46. The molecular weight excluding hydrogens is 419 g/mol. The van der Waals surface area contributed by atoms with Crippen molar-refractivity contribution in [2.24, 2.45) is 0 Å². The number of alkyl halides is 3. The number of pyridine rings is 1. The van der Waals surface area contributed by atoms with E-state index < -0.39 is 23.6 Å². The molecule has 1 unspecified atom stereocenters. The summed E-state index contributed by atoms with van der Waals surface area (Å²) < 4.78 is 62.8. The molecule has 0 bridgehead atoms. The van der Waals surface area contributed by atoms with E-state index in [4.69, 9.17) is 9.47 Å². The summed E-state index contributed by atoms with van der Waals surface area (Å²) in [6, 6.07) is 8.75. The molecule has 0 saturated carbocycles. The first-order valence-corrected chi connectivity index (χ1v) is 10.7. The van der Waals surface area contributed by atoms with E-state index in [0.29, 0.717) is 28.5 Å². The summed E-state index contributed by atoms with van der Waals surface area (Å²) >= 11 is 0. The van der Waals surface area contributed by atoms with Crippen LogP contribution in [-0.2, 0) is 28.0 Å². The van der Waals surface area contributed by atoms with E-state index in [1.807, 2.05) is 31.2 Å². The summed E-state index contributed by atoms with van der Waals surface area (Å²) in [5.74, 6) is 0.0562. The lowest BCUT2D eigenvalue weighted by atomic mass is 10.2. The number of benzene rings is 1. The highest BCUT2D eigenvalue weighted by molar-refractivity contribution is 7.84. The molecule has 162 valence electrons. The first kappa shape index (κ1) is 22.2. The maximum Gasteiger partial charge on any atom is 0.422 e. The molecule has 1 atom stereocenters. The van der Waals surface area contributed by atoms with Crippen molar-refractivity contribution >= 4 is 21.8 Å². The Morgan fingerprint density at radius 3 is 2.70 bits per heavy atom. The molecule has 0 aliphatic rings. The SMILES string of the molecule is CCCOCn1c(S(=O)Cc2nccc(OCC(F)(F)F)c2C)nc2ccccc21. The molecule has 0 fully saturated rings. The highest BCUT2D eigenvalue weighted by atomic mass is 32.2. The Kier molecular flexibility index (Phi) is 7.09. The highest BCUT2D eigenvalue weighted by Crippen LogP contribution is 2.26. The molecule has 0 spiro atoms. The molecule has 0 saturated heterocycles. The average molecular weight is 441 g/mol. The second-order valence-corrected chi connectivity index (χ2v) is 7.97. The summed E-state index contributed by atoms with van der Waals surface area (Å²) in [6.07, 6.45) is -2.25. The van der Waals surface area contributed by atoms with Crippen molar-refractivity contribution in [1.29, 1.82) is 0 Å². The zero-order chi connectivity index (χ0) is 21.7. The van der Waals surface area contributed by atoms with Crippen LogP contribution in [0.25, 0.3) is 11.0 Å². The molecule has 0 amide bonds. The number of rotatable bonds is 9. The number of nitrogens with zero attached hydrogens (tertiary/aromatic N) is 3. The van der Waals surface area contributed by atoms with E-state index >= 15 is 0 Å². The predicted molar refractivity (Wildman–Crippen MR) is 107 cm³/mol. The highest BCUT2D eigenvalue weighted by Gasteiger charge is 2.29. The largest absolute Gasteiger partial charge is 0.484 e. The summed E-state index contributed by atoms with van der Waals surface area (Å²) in [4.78, 5) is 8.67. The van der Waals surface area contributed by atoms with Gasteiger partial charge in [0, 0.05) is 18.4 Å². The topological polar surface area (TPSA) is 66.2 Å². The summed E-state index contributed by atoms with van der Waals surface area (Å²) in [7, 11) is -1.59. The maximum absolute atomic E-state index is 13.1. The van der Waals surface area contributed by atoms with Crippen LogP contribution in [0.2, 0.25) is 0 Å². The summed E-state index contributed by atoms with van der Waals surface area (Å²) in [6.45, 7) is 2.95. The van der Waals surface area contributed by atoms with Gasteiger partial charge >= 0.3 is 6.18 Å². The Labute approximate surface area is 174 Å². The standard InChI is InChI=1S/C20H22F3N3O3S/c1-3-10-28-13-26-17-7-5-4-6-15(17)25-19(26)30(27)11-16-14(2)18(8-9-24-16)29-12-20(21,22)23/h4-9H,3,10-13H2,1-2H3. The summed E-state index contributed by atoms with van der Waals surface area (Å²) in [5.41, 5.74) is 2.29. The third kappa shape index (κ3) is 5.37. The fourth-order valence-electron chi connectivity index (χ4n) is 2.86. The molecule has 3 aromatic rings. The van der Waals surface area contributed by atoms with Crippen molar-refractivity contribution in [3.05, 3.63) is 47.8 Å². The van der Waals surface area contributed by atoms with Gasteiger partial charge in [0.25, 0.3) is 0 Å². The van der Waals surface area contributed by atoms with Gasteiger partial charge in [-0.05, 0) is 31.5 Å². The number of hydrogen-bond donors (Lipinski definition) is 0. The predicted octanol–water partition coefficient (Wildman–Crippen LogP) is 4.37. The van der Waals surface area contributed by atoms with Crippen molar-refractivity contribution in [2.75, 3.05) is 13.2 Å². The fourth-order valence-corrected chi connectivity index (χ4v) is 4.13. The quantitative estimate of drug-likeness (QED) is 0.461. The van der Waals surface area contributed by atoms with Crippen LogP contribution in [0.4, 0.5) is 13.2 Å². The molecule has 2 aromatic heterocycles. The summed E-state index contributed by atoms with van der Waals surface area (Å²) in [5, 5.41) is 0.329. The van der Waals surface area contributed by atoms with Gasteiger partial charge in [-0.3, -0.25) is 13.8 Å². The Morgan fingerprint density at radius 1 is 1.20 bits per heavy atom. The van der Waals surface area contributed by atoms with Crippen LogP contribution in [0.5, 0.6) is 5.75 Å². The fraction of sp³-hybridized carbons (Fsp3) is 0.400. The second-order valence-electron chi connectivity index (χ2n) is 6.62. The van der Waals surface area contributed by atoms with Gasteiger partial charge in [-0.15, -0.1) is 0 Å². The third-order valence-corrected chi connectivity index (χ3v) is 5.56. The van der Waals surface area contributed by atoms with Crippen LogP contribution in [0.3, 0.4) is 0 Å². The van der Waals surface area contributed by atoms with Crippen molar-refractivity contribution in [3.8, 4) is 5.75 Å². The van der Waals surface area contributed by atoms with E-state index in [1.54, 1.807) is 11.5 Å².